The molecule has 0 saturated heterocycles. The van der Waals surface area contributed by atoms with E-state index in [1.54, 1.807) is 24.3 Å². The maximum absolute atomic E-state index is 12.1. The molecule has 0 unspecified atom stereocenters. The fourth-order valence-corrected chi connectivity index (χ4v) is 2.00. The van der Waals surface area contributed by atoms with E-state index in [-0.39, 0.29) is 5.69 Å². The quantitative estimate of drug-likeness (QED) is 0.864. The molecule has 22 heavy (non-hydrogen) atoms. The lowest BCUT2D eigenvalue weighted by Gasteiger charge is -2.22. The van der Waals surface area contributed by atoms with Crippen LogP contribution in [0.25, 0.3) is 5.69 Å². The van der Waals surface area contributed by atoms with Gasteiger partial charge < -0.3 is 10.1 Å². The van der Waals surface area contributed by atoms with Gasteiger partial charge in [-0.25, -0.2) is 9.48 Å². The molecular weight excluding hydrogens is 308 g/mol. The number of hydrogen-bond acceptors (Lipinski definition) is 5. The van der Waals surface area contributed by atoms with Gasteiger partial charge in [-0.3, -0.25) is 4.79 Å². The molecule has 8 heteroatoms. The summed E-state index contributed by atoms with van der Waals surface area (Å²) in [5, 5.41) is 10.7. The number of esters is 1. The zero-order chi connectivity index (χ0) is 16.3. The number of aromatic nitrogens is 3. The number of nitrogens with zero attached hydrogens (tertiary/aromatic N) is 3. The number of benzene rings is 1. The monoisotopic (exact) mass is 322 g/mol. The lowest BCUT2D eigenvalue weighted by Crippen LogP contribution is -2.50. The molecule has 0 spiro atoms. The van der Waals surface area contributed by atoms with E-state index in [1.807, 2.05) is 0 Å². The maximum atomic E-state index is 12.1. The first kappa shape index (κ1) is 16.0. The molecule has 2 aromatic rings. The first-order valence-electron chi connectivity index (χ1n) is 6.43. The van der Waals surface area contributed by atoms with E-state index in [9.17, 15) is 9.59 Å². The molecule has 116 valence electrons. The molecule has 1 N–H and O–H groups in total. The van der Waals surface area contributed by atoms with Crippen molar-refractivity contribution < 1.29 is 14.3 Å². The highest BCUT2D eigenvalue weighted by Crippen LogP contribution is 2.18. The van der Waals surface area contributed by atoms with E-state index in [1.165, 1.54) is 31.8 Å². The minimum atomic E-state index is -1.17. The van der Waals surface area contributed by atoms with Gasteiger partial charge in [0.05, 0.1) is 24.0 Å². The van der Waals surface area contributed by atoms with Crippen LogP contribution in [-0.4, -0.2) is 39.5 Å². The third-order valence-electron chi connectivity index (χ3n) is 2.95. The van der Waals surface area contributed by atoms with Crippen LogP contribution in [0.15, 0.2) is 30.5 Å². The van der Waals surface area contributed by atoms with Crippen molar-refractivity contribution in [1.82, 2.24) is 20.3 Å². The van der Waals surface area contributed by atoms with E-state index in [2.05, 4.69) is 20.4 Å². The molecule has 0 fully saturated rings. The molecule has 0 saturated carbocycles. The minimum Gasteiger partial charge on any atom is -0.467 e. The second kappa shape index (κ2) is 6.15. The normalized spacial score (nSPS) is 11.1. The minimum absolute atomic E-state index is 0.0666. The predicted molar refractivity (Wildman–Crippen MR) is 79.9 cm³/mol. The van der Waals surface area contributed by atoms with E-state index < -0.39 is 17.4 Å². The SMILES string of the molecule is COC(=O)C(C)(C)NC(=O)c1cn(-c2ccccc2Cl)nn1. The second-order valence-electron chi connectivity index (χ2n) is 5.07. The van der Waals surface area contributed by atoms with Crippen molar-refractivity contribution in [3.05, 3.63) is 41.2 Å². The number of rotatable bonds is 4. The number of para-hydroxylation sites is 1. The molecule has 1 aromatic carbocycles. The number of methoxy groups -OCH3 is 1. The summed E-state index contributed by atoms with van der Waals surface area (Å²) in [5.74, 6) is -1.09. The second-order valence-corrected chi connectivity index (χ2v) is 5.48. The Morgan fingerprint density at radius 1 is 1.32 bits per heavy atom. The standard InChI is InChI=1S/C14H15ClN4O3/c1-14(2,13(21)22-3)16-12(20)10-8-19(18-17-10)11-7-5-4-6-9(11)15/h4-8H,1-3H3,(H,16,20). The topological polar surface area (TPSA) is 86.1 Å². The fraction of sp³-hybridized carbons (Fsp3) is 0.286. The smallest absolute Gasteiger partial charge is 0.330 e. The molecule has 1 heterocycles. The Morgan fingerprint density at radius 2 is 2.00 bits per heavy atom. The van der Waals surface area contributed by atoms with E-state index in [0.717, 1.165) is 0 Å². The largest absolute Gasteiger partial charge is 0.467 e. The highest BCUT2D eigenvalue weighted by atomic mass is 35.5. The van der Waals surface area contributed by atoms with Crippen molar-refractivity contribution in [2.45, 2.75) is 19.4 Å². The van der Waals surface area contributed by atoms with Gasteiger partial charge in [0.2, 0.25) is 0 Å². The Labute approximate surface area is 132 Å². The molecule has 0 aliphatic rings. The van der Waals surface area contributed by atoms with Gasteiger partial charge in [0.1, 0.15) is 5.54 Å². The number of carbonyl (C=O) groups excluding carboxylic acids is 2. The Bertz CT molecular complexity index is 712. The van der Waals surface area contributed by atoms with Crippen LogP contribution in [0.2, 0.25) is 5.02 Å². The van der Waals surface area contributed by atoms with Gasteiger partial charge in [0, 0.05) is 0 Å². The van der Waals surface area contributed by atoms with Crippen LogP contribution in [0.5, 0.6) is 0 Å². The fourth-order valence-electron chi connectivity index (χ4n) is 1.78. The van der Waals surface area contributed by atoms with Gasteiger partial charge in [-0.15, -0.1) is 5.10 Å². The van der Waals surface area contributed by atoms with Gasteiger partial charge >= 0.3 is 5.97 Å². The number of nitrogens with one attached hydrogen (secondary N) is 1. The van der Waals surface area contributed by atoms with Crippen LogP contribution in [0.3, 0.4) is 0 Å². The third-order valence-corrected chi connectivity index (χ3v) is 3.27. The van der Waals surface area contributed by atoms with E-state index in [4.69, 9.17) is 11.6 Å². The third kappa shape index (κ3) is 3.25. The average Bonchev–Trinajstić information content (AvgIpc) is 2.96. The lowest BCUT2D eigenvalue weighted by molar-refractivity contribution is -0.146. The average molecular weight is 323 g/mol. The van der Waals surface area contributed by atoms with Crippen molar-refractivity contribution in [2.24, 2.45) is 0 Å². The summed E-state index contributed by atoms with van der Waals surface area (Å²) < 4.78 is 6.02. The van der Waals surface area contributed by atoms with E-state index >= 15 is 0 Å². The van der Waals surface area contributed by atoms with Crippen molar-refractivity contribution in [2.75, 3.05) is 7.11 Å². The van der Waals surface area contributed by atoms with Crippen molar-refractivity contribution in [3.8, 4) is 5.69 Å². The Balaban J connectivity index is 2.20. The molecule has 0 bridgehead atoms. The number of hydrogen-bond donors (Lipinski definition) is 1. The van der Waals surface area contributed by atoms with Gasteiger partial charge in [-0.1, -0.05) is 28.9 Å². The molecule has 0 radical (unpaired) electrons. The summed E-state index contributed by atoms with van der Waals surface area (Å²) in [6.45, 7) is 3.07. The summed E-state index contributed by atoms with van der Waals surface area (Å²) in [4.78, 5) is 23.7. The van der Waals surface area contributed by atoms with Crippen LogP contribution in [0.1, 0.15) is 24.3 Å². The number of ether oxygens (including phenoxy) is 1. The zero-order valence-electron chi connectivity index (χ0n) is 12.3. The summed E-state index contributed by atoms with van der Waals surface area (Å²) >= 11 is 6.06. The predicted octanol–water partition coefficient (Wildman–Crippen LogP) is 1.60. The summed E-state index contributed by atoms with van der Waals surface area (Å²) in [5.41, 5.74) is -0.500. The Kier molecular flexibility index (Phi) is 4.46. The zero-order valence-corrected chi connectivity index (χ0v) is 13.1. The summed E-state index contributed by atoms with van der Waals surface area (Å²) in [7, 11) is 1.25. The molecule has 0 atom stereocenters. The van der Waals surface area contributed by atoms with Crippen LogP contribution >= 0.6 is 11.6 Å². The first-order chi connectivity index (χ1) is 10.3. The number of halogens is 1. The highest BCUT2D eigenvalue weighted by molar-refractivity contribution is 6.32. The maximum Gasteiger partial charge on any atom is 0.330 e. The number of amides is 1. The van der Waals surface area contributed by atoms with Crippen LogP contribution in [0, 0.1) is 0 Å². The molecule has 1 aromatic heterocycles. The molecular formula is C14H15ClN4O3. The molecule has 1 amide bonds. The van der Waals surface area contributed by atoms with Crippen molar-refractivity contribution >= 4 is 23.5 Å². The van der Waals surface area contributed by atoms with Crippen molar-refractivity contribution in [3.63, 3.8) is 0 Å². The van der Waals surface area contributed by atoms with Crippen LogP contribution in [-0.2, 0) is 9.53 Å². The molecule has 0 aliphatic heterocycles. The highest BCUT2D eigenvalue weighted by Gasteiger charge is 2.31. The van der Waals surface area contributed by atoms with Gasteiger partial charge in [-0.2, -0.15) is 0 Å². The molecule has 7 nitrogen and oxygen atoms in total. The molecule has 0 aliphatic carbocycles. The van der Waals surface area contributed by atoms with Crippen molar-refractivity contribution in [1.29, 1.82) is 0 Å². The Hall–Kier alpha value is -2.41. The Morgan fingerprint density at radius 3 is 2.64 bits per heavy atom. The summed E-state index contributed by atoms with van der Waals surface area (Å²) in [6.07, 6.45) is 1.43. The first-order valence-corrected chi connectivity index (χ1v) is 6.81. The van der Waals surface area contributed by atoms with Crippen LogP contribution in [0.4, 0.5) is 0 Å². The summed E-state index contributed by atoms with van der Waals surface area (Å²) in [6, 6.07) is 7.04. The number of carbonyl (C=O) groups is 2. The van der Waals surface area contributed by atoms with Gasteiger partial charge in [-0.05, 0) is 26.0 Å². The lowest BCUT2D eigenvalue weighted by atomic mass is 10.1. The van der Waals surface area contributed by atoms with Gasteiger partial charge in [0.15, 0.2) is 5.69 Å². The van der Waals surface area contributed by atoms with E-state index in [0.29, 0.717) is 10.7 Å². The van der Waals surface area contributed by atoms with Gasteiger partial charge in [0.25, 0.3) is 5.91 Å². The van der Waals surface area contributed by atoms with Crippen LogP contribution < -0.4 is 5.32 Å². The molecule has 2 rings (SSSR count).